The monoisotopic (exact) mass is 314 g/mol. The topological polar surface area (TPSA) is 18.5 Å². The summed E-state index contributed by atoms with van der Waals surface area (Å²) in [6, 6.07) is 25.3. The van der Waals surface area contributed by atoms with Gasteiger partial charge in [0.25, 0.3) is 0 Å². The van der Waals surface area contributed by atoms with Crippen molar-refractivity contribution < 1.29 is 9.47 Å². The van der Waals surface area contributed by atoms with Crippen LogP contribution in [0.15, 0.2) is 72.8 Å². The fourth-order valence-corrected chi connectivity index (χ4v) is 3.06. The number of fused-ring (bicyclic) bond motifs is 2. The normalized spacial score (nSPS) is 10.9. The molecule has 0 aromatic heterocycles. The summed E-state index contributed by atoms with van der Waals surface area (Å²) in [7, 11) is 3.39. The summed E-state index contributed by atoms with van der Waals surface area (Å²) in [4.78, 5) is 0. The Labute approximate surface area is 141 Å². The van der Waals surface area contributed by atoms with Crippen molar-refractivity contribution in [2.24, 2.45) is 0 Å². The van der Waals surface area contributed by atoms with Crippen LogP contribution in [0.1, 0.15) is 0 Å². The fourth-order valence-electron chi connectivity index (χ4n) is 3.06. The van der Waals surface area contributed by atoms with Gasteiger partial charge in [-0.1, -0.05) is 36.4 Å². The summed E-state index contributed by atoms with van der Waals surface area (Å²) in [5.74, 6) is 1.76. The lowest BCUT2D eigenvalue weighted by Crippen LogP contribution is -1.85. The molecule has 2 nitrogen and oxygen atoms in total. The average molecular weight is 314 g/mol. The SMILES string of the molecule is COc1ccc2ccc(-c3ccc4ccc(OC)cc4c3)cc2c1. The molecule has 0 radical (unpaired) electrons. The number of hydrogen-bond donors (Lipinski definition) is 0. The molecule has 0 unspecified atom stereocenters. The third-order valence-electron chi connectivity index (χ3n) is 4.43. The van der Waals surface area contributed by atoms with Crippen molar-refractivity contribution >= 4 is 21.5 Å². The second-order valence-corrected chi connectivity index (χ2v) is 5.86. The van der Waals surface area contributed by atoms with E-state index < -0.39 is 0 Å². The lowest BCUT2D eigenvalue weighted by molar-refractivity contribution is 0.415. The minimum Gasteiger partial charge on any atom is -0.497 e. The fraction of sp³-hybridized carbons (Fsp3) is 0.0909. The smallest absolute Gasteiger partial charge is 0.119 e. The molecule has 0 saturated carbocycles. The van der Waals surface area contributed by atoms with Gasteiger partial charge in [0, 0.05) is 0 Å². The van der Waals surface area contributed by atoms with Crippen molar-refractivity contribution in [3.05, 3.63) is 72.8 Å². The average Bonchev–Trinajstić information content (AvgIpc) is 2.66. The molecule has 0 amide bonds. The van der Waals surface area contributed by atoms with Gasteiger partial charge in [-0.2, -0.15) is 0 Å². The first-order valence-electron chi connectivity index (χ1n) is 7.93. The molecular weight excluding hydrogens is 296 g/mol. The number of ether oxygens (including phenoxy) is 2. The van der Waals surface area contributed by atoms with E-state index in [1.54, 1.807) is 14.2 Å². The quantitative estimate of drug-likeness (QED) is 0.484. The van der Waals surface area contributed by atoms with E-state index >= 15 is 0 Å². The summed E-state index contributed by atoms with van der Waals surface area (Å²) in [5.41, 5.74) is 2.39. The third kappa shape index (κ3) is 2.56. The third-order valence-corrected chi connectivity index (χ3v) is 4.43. The Kier molecular flexibility index (Phi) is 3.58. The van der Waals surface area contributed by atoms with Gasteiger partial charge in [0.05, 0.1) is 14.2 Å². The molecule has 0 N–H and O–H groups in total. The standard InChI is InChI=1S/C22H18O2/c1-23-21-9-7-15-3-5-17(11-19(15)13-21)18-6-4-16-8-10-22(24-2)14-20(16)12-18/h3-14H,1-2H3. The van der Waals surface area contributed by atoms with Crippen molar-refractivity contribution in [3.63, 3.8) is 0 Å². The van der Waals surface area contributed by atoms with Crippen molar-refractivity contribution in [1.82, 2.24) is 0 Å². The highest BCUT2D eigenvalue weighted by atomic mass is 16.5. The molecule has 0 saturated heterocycles. The summed E-state index contributed by atoms with van der Waals surface area (Å²) in [5, 5.41) is 4.78. The Morgan fingerprint density at radius 3 is 1.29 bits per heavy atom. The van der Waals surface area contributed by atoms with Crippen LogP contribution in [0.25, 0.3) is 32.7 Å². The molecule has 0 fully saturated rings. The first-order chi connectivity index (χ1) is 11.8. The van der Waals surface area contributed by atoms with Gasteiger partial charge in [-0.05, 0) is 69.1 Å². The van der Waals surface area contributed by atoms with Gasteiger partial charge in [0.15, 0.2) is 0 Å². The van der Waals surface area contributed by atoms with Crippen LogP contribution in [0.3, 0.4) is 0 Å². The molecule has 0 bridgehead atoms. The van der Waals surface area contributed by atoms with Crippen LogP contribution in [0.5, 0.6) is 11.5 Å². The Hall–Kier alpha value is -3.00. The van der Waals surface area contributed by atoms with Crippen LogP contribution < -0.4 is 9.47 Å². The summed E-state index contributed by atoms with van der Waals surface area (Å²) < 4.78 is 10.7. The van der Waals surface area contributed by atoms with E-state index in [-0.39, 0.29) is 0 Å². The van der Waals surface area contributed by atoms with Crippen LogP contribution in [-0.2, 0) is 0 Å². The van der Waals surface area contributed by atoms with Gasteiger partial charge in [-0.3, -0.25) is 0 Å². The largest absolute Gasteiger partial charge is 0.497 e. The van der Waals surface area contributed by atoms with Gasteiger partial charge in [-0.25, -0.2) is 0 Å². The molecule has 118 valence electrons. The minimum absolute atomic E-state index is 0.878. The number of methoxy groups -OCH3 is 2. The minimum atomic E-state index is 0.878. The second-order valence-electron chi connectivity index (χ2n) is 5.86. The van der Waals surface area contributed by atoms with Gasteiger partial charge >= 0.3 is 0 Å². The Morgan fingerprint density at radius 1 is 0.458 bits per heavy atom. The molecule has 2 heteroatoms. The van der Waals surface area contributed by atoms with Crippen LogP contribution in [-0.4, -0.2) is 14.2 Å². The maximum Gasteiger partial charge on any atom is 0.119 e. The zero-order chi connectivity index (χ0) is 16.5. The highest BCUT2D eigenvalue weighted by Gasteiger charge is 2.04. The first-order valence-corrected chi connectivity index (χ1v) is 7.93. The summed E-state index contributed by atoms with van der Waals surface area (Å²) >= 11 is 0. The lowest BCUT2D eigenvalue weighted by atomic mass is 9.98. The van der Waals surface area contributed by atoms with E-state index in [9.17, 15) is 0 Å². The maximum atomic E-state index is 5.34. The number of rotatable bonds is 3. The highest BCUT2D eigenvalue weighted by Crippen LogP contribution is 2.30. The maximum absolute atomic E-state index is 5.34. The highest BCUT2D eigenvalue weighted by molar-refractivity contribution is 5.92. The predicted octanol–water partition coefficient (Wildman–Crippen LogP) is 5.68. The molecular formula is C22H18O2. The number of hydrogen-bond acceptors (Lipinski definition) is 2. The van der Waals surface area contributed by atoms with Crippen molar-refractivity contribution in [2.75, 3.05) is 14.2 Å². The molecule has 0 atom stereocenters. The van der Waals surface area contributed by atoms with Gasteiger partial charge in [-0.15, -0.1) is 0 Å². The Morgan fingerprint density at radius 2 is 0.875 bits per heavy atom. The molecule has 0 heterocycles. The molecule has 4 aromatic carbocycles. The Balaban J connectivity index is 1.84. The molecule has 0 aliphatic heterocycles. The lowest BCUT2D eigenvalue weighted by Gasteiger charge is -2.08. The molecule has 24 heavy (non-hydrogen) atoms. The van der Waals surface area contributed by atoms with Crippen molar-refractivity contribution in [3.8, 4) is 22.6 Å². The van der Waals surface area contributed by atoms with Gasteiger partial charge in [0.1, 0.15) is 11.5 Å². The molecule has 0 aliphatic rings. The van der Waals surface area contributed by atoms with Crippen LogP contribution >= 0.6 is 0 Å². The van der Waals surface area contributed by atoms with E-state index in [0.717, 1.165) is 11.5 Å². The van der Waals surface area contributed by atoms with E-state index in [0.29, 0.717) is 0 Å². The zero-order valence-electron chi connectivity index (χ0n) is 13.7. The molecule has 0 spiro atoms. The van der Waals surface area contributed by atoms with Gasteiger partial charge in [0.2, 0.25) is 0 Å². The van der Waals surface area contributed by atoms with Crippen molar-refractivity contribution in [2.45, 2.75) is 0 Å². The molecule has 4 aromatic rings. The first kappa shape index (κ1) is 14.6. The van der Waals surface area contributed by atoms with Gasteiger partial charge < -0.3 is 9.47 Å². The van der Waals surface area contributed by atoms with Crippen LogP contribution in [0.2, 0.25) is 0 Å². The zero-order valence-corrected chi connectivity index (χ0v) is 13.7. The number of benzene rings is 4. The second kappa shape index (κ2) is 5.89. The van der Waals surface area contributed by atoms with Crippen molar-refractivity contribution in [1.29, 1.82) is 0 Å². The molecule has 4 rings (SSSR count). The Bertz CT molecular complexity index is 949. The van der Waals surface area contributed by atoms with E-state index in [2.05, 4.69) is 60.7 Å². The molecule has 0 aliphatic carbocycles. The van der Waals surface area contributed by atoms with Crippen LogP contribution in [0.4, 0.5) is 0 Å². The van der Waals surface area contributed by atoms with E-state index in [1.165, 1.54) is 32.7 Å². The summed E-state index contributed by atoms with van der Waals surface area (Å²) in [6.45, 7) is 0. The summed E-state index contributed by atoms with van der Waals surface area (Å²) in [6.07, 6.45) is 0. The van der Waals surface area contributed by atoms with E-state index in [4.69, 9.17) is 9.47 Å². The van der Waals surface area contributed by atoms with E-state index in [1.807, 2.05) is 12.1 Å². The van der Waals surface area contributed by atoms with Crippen LogP contribution in [0, 0.1) is 0 Å². The predicted molar refractivity (Wildman–Crippen MR) is 100.0 cm³/mol.